The van der Waals surface area contributed by atoms with Crippen LogP contribution in [0.2, 0.25) is 0 Å². The first-order valence-corrected chi connectivity index (χ1v) is 11.0. The molecule has 0 radical (unpaired) electrons. The van der Waals surface area contributed by atoms with E-state index < -0.39 is 0 Å². The van der Waals surface area contributed by atoms with Gasteiger partial charge in [0.25, 0.3) is 5.91 Å². The van der Waals surface area contributed by atoms with E-state index in [1.54, 1.807) is 26.0 Å². The number of hydrogen-bond donors (Lipinski definition) is 2. The van der Waals surface area contributed by atoms with Crippen molar-refractivity contribution in [3.05, 3.63) is 35.4 Å². The van der Waals surface area contributed by atoms with Crippen LogP contribution in [0.25, 0.3) is 0 Å². The Labute approximate surface area is 176 Å². The molecule has 1 aromatic rings. The van der Waals surface area contributed by atoms with Crippen LogP contribution < -0.4 is 10.6 Å². The molecule has 0 saturated heterocycles. The Morgan fingerprint density at radius 3 is 2.45 bits per heavy atom. The minimum absolute atomic E-state index is 0.0196. The number of hydrogen-bond acceptors (Lipinski definition) is 3. The third-order valence-corrected chi connectivity index (χ3v) is 5.31. The molecule has 0 aromatic heterocycles. The second-order valence-corrected chi connectivity index (χ2v) is 7.94. The number of guanidine groups is 1. The molecule has 6 nitrogen and oxygen atoms in total. The Bertz CT molecular complexity index is 622. The van der Waals surface area contributed by atoms with Crippen LogP contribution in [0.4, 0.5) is 0 Å². The molecule has 0 unspecified atom stereocenters. The molecule has 2 rings (SSSR count). The van der Waals surface area contributed by atoms with Crippen molar-refractivity contribution in [3.63, 3.8) is 0 Å². The number of benzene rings is 1. The smallest absolute Gasteiger partial charge is 0.253 e. The van der Waals surface area contributed by atoms with E-state index in [1.807, 2.05) is 24.3 Å². The van der Waals surface area contributed by atoms with Gasteiger partial charge in [-0.15, -0.1) is 0 Å². The van der Waals surface area contributed by atoms with Gasteiger partial charge in [0.1, 0.15) is 0 Å². The van der Waals surface area contributed by atoms with E-state index in [2.05, 4.69) is 15.6 Å². The molecule has 0 aliphatic heterocycles. The second-order valence-electron chi connectivity index (χ2n) is 7.94. The molecule has 1 fully saturated rings. The van der Waals surface area contributed by atoms with E-state index >= 15 is 0 Å². The largest absolute Gasteiger partial charge is 0.378 e. The third-order valence-electron chi connectivity index (χ3n) is 5.31. The highest BCUT2D eigenvalue weighted by molar-refractivity contribution is 5.93. The molecule has 1 amide bonds. The lowest BCUT2D eigenvalue weighted by atomic mass is 9.98. The van der Waals surface area contributed by atoms with Crippen molar-refractivity contribution >= 4 is 11.9 Å². The van der Waals surface area contributed by atoms with Crippen molar-refractivity contribution in [2.24, 2.45) is 4.99 Å². The number of carbonyl (C=O) groups excluding carboxylic acids is 1. The lowest BCUT2D eigenvalue weighted by Gasteiger charge is -2.21. The van der Waals surface area contributed by atoms with E-state index in [-0.39, 0.29) is 5.91 Å². The normalized spacial score (nSPS) is 15.2. The number of nitrogens with one attached hydrogen (secondary N) is 2. The van der Waals surface area contributed by atoms with E-state index in [0.717, 1.165) is 43.9 Å². The predicted molar refractivity (Wildman–Crippen MR) is 119 cm³/mol. The summed E-state index contributed by atoms with van der Waals surface area (Å²) < 4.78 is 5.98. The lowest BCUT2D eigenvalue weighted by molar-refractivity contribution is 0.0264. The molecule has 1 aromatic carbocycles. The van der Waals surface area contributed by atoms with Gasteiger partial charge in [-0.3, -0.25) is 9.79 Å². The maximum Gasteiger partial charge on any atom is 0.253 e. The van der Waals surface area contributed by atoms with Crippen LogP contribution >= 0.6 is 0 Å². The molecule has 1 aliphatic carbocycles. The number of ether oxygens (including phenoxy) is 1. The standard InChI is InChI=1S/C23H38N4O2/c1-24-23(25-16-8-5-9-17-29-21-10-6-4-7-11-21)26-18-19-12-14-20(15-13-19)22(28)27(2)3/h12-15,21H,4-11,16-18H2,1-3H3,(H2,24,25,26). The quantitative estimate of drug-likeness (QED) is 0.357. The second kappa shape index (κ2) is 13.2. The van der Waals surface area contributed by atoms with Crippen LogP contribution in [0.1, 0.15) is 67.3 Å². The van der Waals surface area contributed by atoms with Crippen molar-refractivity contribution in [2.45, 2.75) is 64.0 Å². The van der Waals surface area contributed by atoms with E-state index in [0.29, 0.717) is 18.2 Å². The van der Waals surface area contributed by atoms with Crippen LogP contribution in [0.5, 0.6) is 0 Å². The van der Waals surface area contributed by atoms with Crippen molar-refractivity contribution in [3.8, 4) is 0 Å². The van der Waals surface area contributed by atoms with Gasteiger partial charge < -0.3 is 20.3 Å². The highest BCUT2D eigenvalue weighted by Crippen LogP contribution is 2.20. The molecule has 0 spiro atoms. The fourth-order valence-corrected chi connectivity index (χ4v) is 3.52. The Kier molecular flexibility index (Phi) is 10.6. The molecule has 6 heteroatoms. The van der Waals surface area contributed by atoms with Gasteiger partial charge in [0.05, 0.1) is 6.10 Å². The summed E-state index contributed by atoms with van der Waals surface area (Å²) in [4.78, 5) is 17.8. The van der Waals surface area contributed by atoms with Crippen LogP contribution in [0, 0.1) is 0 Å². The number of carbonyl (C=O) groups is 1. The van der Waals surface area contributed by atoms with Gasteiger partial charge >= 0.3 is 0 Å². The third kappa shape index (κ3) is 8.86. The minimum Gasteiger partial charge on any atom is -0.378 e. The molecular weight excluding hydrogens is 364 g/mol. The molecule has 29 heavy (non-hydrogen) atoms. The lowest BCUT2D eigenvalue weighted by Crippen LogP contribution is -2.37. The highest BCUT2D eigenvalue weighted by atomic mass is 16.5. The molecule has 162 valence electrons. The molecule has 0 heterocycles. The fourth-order valence-electron chi connectivity index (χ4n) is 3.52. The van der Waals surface area contributed by atoms with Crippen LogP contribution in [0.3, 0.4) is 0 Å². The Hall–Kier alpha value is -2.08. The highest BCUT2D eigenvalue weighted by Gasteiger charge is 2.13. The van der Waals surface area contributed by atoms with Gasteiger partial charge in [-0.1, -0.05) is 31.4 Å². The summed E-state index contributed by atoms with van der Waals surface area (Å²) in [7, 11) is 5.31. The van der Waals surface area contributed by atoms with Crippen LogP contribution in [-0.2, 0) is 11.3 Å². The first-order chi connectivity index (χ1) is 14.1. The molecule has 2 N–H and O–H groups in total. The van der Waals surface area contributed by atoms with Gasteiger partial charge in [0.15, 0.2) is 5.96 Å². The zero-order valence-electron chi connectivity index (χ0n) is 18.4. The summed E-state index contributed by atoms with van der Waals surface area (Å²) in [5.41, 5.74) is 1.82. The number of amides is 1. The van der Waals surface area contributed by atoms with Crippen LogP contribution in [-0.4, -0.2) is 57.2 Å². The minimum atomic E-state index is 0.0196. The monoisotopic (exact) mass is 402 g/mol. The van der Waals surface area contributed by atoms with Gasteiger partial charge in [0, 0.05) is 46.4 Å². The van der Waals surface area contributed by atoms with Gasteiger partial charge in [-0.25, -0.2) is 0 Å². The van der Waals surface area contributed by atoms with Gasteiger partial charge in [-0.2, -0.15) is 0 Å². The van der Waals surface area contributed by atoms with Crippen molar-refractivity contribution < 1.29 is 9.53 Å². The summed E-state index contributed by atoms with van der Waals surface area (Å²) in [6.07, 6.45) is 10.5. The van der Waals surface area contributed by atoms with Gasteiger partial charge in [0.2, 0.25) is 0 Å². The topological polar surface area (TPSA) is 66.0 Å². The maximum absolute atomic E-state index is 11.9. The Morgan fingerprint density at radius 1 is 1.07 bits per heavy atom. The van der Waals surface area contributed by atoms with E-state index in [4.69, 9.17) is 4.74 Å². The Balaban J connectivity index is 1.56. The number of nitrogens with zero attached hydrogens (tertiary/aromatic N) is 2. The SMILES string of the molecule is CN=C(NCCCCCOC1CCCCC1)NCc1ccc(C(=O)N(C)C)cc1. The van der Waals surface area contributed by atoms with Crippen molar-refractivity contribution in [2.75, 3.05) is 34.3 Å². The average molecular weight is 403 g/mol. The molecular formula is C23H38N4O2. The summed E-state index contributed by atoms with van der Waals surface area (Å²) in [5, 5.41) is 6.68. The number of rotatable bonds is 10. The summed E-state index contributed by atoms with van der Waals surface area (Å²) in [5.74, 6) is 0.822. The first-order valence-electron chi connectivity index (χ1n) is 11.0. The average Bonchev–Trinajstić information content (AvgIpc) is 2.75. The summed E-state index contributed by atoms with van der Waals surface area (Å²) in [6, 6.07) is 7.68. The zero-order chi connectivity index (χ0) is 20.9. The number of unbranched alkanes of at least 4 members (excludes halogenated alkanes) is 2. The van der Waals surface area contributed by atoms with E-state index in [9.17, 15) is 4.79 Å². The molecule has 0 atom stereocenters. The zero-order valence-corrected chi connectivity index (χ0v) is 18.4. The van der Waals surface area contributed by atoms with Crippen molar-refractivity contribution in [1.29, 1.82) is 0 Å². The first kappa shape index (κ1) is 23.2. The van der Waals surface area contributed by atoms with Crippen molar-refractivity contribution in [1.82, 2.24) is 15.5 Å². The van der Waals surface area contributed by atoms with Crippen LogP contribution in [0.15, 0.2) is 29.3 Å². The summed E-state index contributed by atoms with van der Waals surface area (Å²) in [6.45, 7) is 2.47. The van der Waals surface area contributed by atoms with E-state index in [1.165, 1.54) is 32.1 Å². The fraction of sp³-hybridized carbons (Fsp3) is 0.652. The maximum atomic E-state index is 11.9. The molecule has 0 bridgehead atoms. The summed E-state index contributed by atoms with van der Waals surface area (Å²) >= 11 is 0. The van der Waals surface area contributed by atoms with Gasteiger partial charge in [-0.05, 0) is 49.8 Å². The Morgan fingerprint density at radius 2 is 1.79 bits per heavy atom. The number of aliphatic imine (C=N–C) groups is 1. The molecule has 1 aliphatic rings. The predicted octanol–water partition coefficient (Wildman–Crippen LogP) is 3.57. The molecule has 1 saturated carbocycles.